The minimum Gasteiger partial charge on any atom is -0.376 e. The van der Waals surface area contributed by atoms with Gasteiger partial charge in [-0.05, 0) is 49.9 Å². The van der Waals surface area contributed by atoms with E-state index < -0.39 is 0 Å². The van der Waals surface area contributed by atoms with Gasteiger partial charge < -0.3 is 14.6 Å². The van der Waals surface area contributed by atoms with Crippen LogP contribution in [-0.4, -0.2) is 29.7 Å². The molecule has 0 unspecified atom stereocenters. The Morgan fingerprint density at radius 3 is 2.92 bits per heavy atom. The first-order valence-corrected chi connectivity index (χ1v) is 9.97. The fourth-order valence-electron chi connectivity index (χ4n) is 3.58. The van der Waals surface area contributed by atoms with Crippen LogP contribution in [0.15, 0.2) is 36.4 Å². The van der Waals surface area contributed by atoms with Crippen molar-refractivity contribution < 1.29 is 9.53 Å². The van der Waals surface area contributed by atoms with Crippen molar-refractivity contribution in [2.75, 3.05) is 13.2 Å². The van der Waals surface area contributed by atoms with Crippen molar-refractivity contribution in [3.8, 4) is 0 Å². The number of aromatic nitrogens is 1. The average molecular weight is 369 g/mol. The molecule has 0 spiro atoms. The number of aryl methyl sites for hydroxylation is 2. The van der Waals surface area contributed by atoms with Gasteiger partial charge in [-0.2, -0.15) is 0 Å². The number of hydrogen-bond acceptors (Lipinski definition) is 3. The van der Waals surface area contributed by atoms with Gasteiger partial charge in [0.05, 0.1) is 16.3 Å². The molecule has 4 rings (SSSR count). The van der Waals surface area contributed by atoms with Crippen molar-refractivity contribution in [1.82, 2.24) is 9.88 Å². The fourth-order valence-corrected chi connectivity index (χ4v) is 4.55. The van der Waals surface area contributed by atoms with Crippen molar-refractivity contribution >= 4 is 27.5 Å². The molecule has 4 nitrogen and oxygen atoms in total. The van der Waals surface area contributed by atoms with Gasteiger partial charge in [-0.1, -0.05) is 24.3 Å². The molecule has 0 radical (unpaired) electrons. The highest BCUT2D eigenvalue weighted by Gasteiger charge is 2.20. The molecule has 1 N–H and O–H groups in total. The molecule has 26 heavy (non-hydrogen) atoms. The van der Waals surface area contributed by atoms with Crippen LogP contribution in [0.4, 0.5) is 0 Å². The summed E-state index contributed by atoms with van der Waals surface area (Å²) in [5.74, 6) is -0.0184. The molecular formula is C21H24N2O2S. The van der Waals surface area contributed by atoms with Crippen LogP contribution in [0.3, 0.4) is 0 Å². The molecule has 5 heteroatoms. The number of benzene rings is 1. The maximum atomic E-state index is 12.9. The largest absolute Gasteiger partial charge is 0.376 e. The van der Waals surface area contributed by atoms with E-state index >= 15 is 0 Å². The molecule has 1 saturated heterocycles. The van der Waals surface area contributed by atoms with E-state index in [1.165, 1.54) is 20.7 Å². The molecule has 0 saturated carbocycles. The zero-order valence-electron chi connectivity index (χ0n) is 15.2. The lowest BCUT2D eigenvalue weighted by Crippen LogP contribution is -2.33. The first-order chi connectivity index (χ1) is 12.6. The lowest BCUT2D eigenvalue weighted by atomic mass is 10.1. The summed E-state index contributed by atoms with van der Waals surface area (Å²) in [7, 11) is 0. The van der Waals surface area contributed by atoms with Crippen LogP contribution in [0.1, 0.15) is 39.3 Å². The number of ether oxygens (including phenoxy) is 1. The van der Waals surface area contributed by atoms with Crippen LogP contribution in [-0.2, 0) is 11.3 Å². The SMILES string of the molecule is Cc1cc2c(cc(C(=O)NC[C@H]3CCCO3)n2Cc2ccccc2C)s1. The van der Waals surface area contributed by atoms with E-state index in [2.05, 4.69) is 48.0 Å². The number of rotatable bonds is 5. The van der Waals surface area contributed by atoms with Gasteiger partial charge in [0.2, 0.25) is 0 Å². The summed E-state index contributed by atoms with van der Waals surface area (Å²) < 4.78 is 8.93. The Balaban J connectivity index is 1.64. The summed E-state index contributed by atoms with van der Waals surface area (Å²) in [5.41, 5.74) is 4.35. The van der Waals surface area contributed by atoms with Gasteiger partial charge in [0.1, 0.15) is 5.69 Å². The third kappa shape index (κ3) is 3.41. The fraction of sp³-hybridized carbons (Fsp3) is 0.381. The zero-order valence-corrected chi connectivity index (χ0v) is 16.1. The Kier molecular flexibility index (Phi) is 4.83. The van der Waals surface area contributed by atoms with Crippen LogP contribution in [0, 0.1) is 13.8 Å². The van der Waals surface area contributed by atoms with Crippen molar-refractivity contribution in [2.24, 2.45) is 0 Å². The van der Waals surface area contributed by atoms with Gasteiger partial charge in [-0.15, -0.1) is 11.3 Å². The summed E-state index contributed by atoms with van der Waals surface area (Å²) in [4.78, 5) is 14.1. The second-order valence-electron chi connectivity index (χ2n) is 6.99. The number of carbonyl (C=O) groups is 1. The maximum absolute atomic E-state index is 12.9. The van der Waals surface area contributed by atoms with Crippen LogP contribution >= 0.6 is 11.3 Å². The minimum absolute atomic E-state index is 0.0184. The van der Waals surface area contributed by atoms with Crippen LogP contribution in [0.2, 0.25) is 0 Å². The molecule has 3 heterocycles. The van der Waals surface area contributed by atoms with Crippen molar-refractivity contribution in [2.45, 2.75) is 39.3 Å². The molecule has 1 aliphatic heterocycles. The van der Waals surface area contributed by atoms with Gasteiger partial charge in [0.15, 0.2) is 0 Å². The molecular weight excluding hydrogens is 344 g/mol. The van der Waals surface area contributed by atoms with E-state index in [0.29, 0.717) is 13.1 Å². The zero-order chi connectivity index (χ0) is 18.1. The second kappa shape index (κ2) is 7.25. The minimum atomic E-state index is -0.0184. The van der Waals surface area contributed by atoms with Crippen LogP contribution < -0.4 is 5.32 Å². The Labute approximate surface area is 157 Å². The molecule has 1 amide bonds. The number of amides is 1. The molecule has 1 aliphatic rings. The molecule has 136 valence electrons. The smallest absolute Gasteiger partial charge is 0.268 e. The number of fused-ring (bicyclic) bond motifs is 1. The number of thiophene rings is 1. The number of nitrogens with zero attached hydrogens (tertiary/aromatic N) is 1. The Morgan fingerprint density at radius 2 is 2.15 bits per heavy atom. The van der Waals surface area contributed by atoms with E-state index in [4.69, 9.17) is 4.74 Å². The first kappa shape index (κ1) is 17.3. The van der Waals surface area contributed by atoms with Crippen LogP contribution in [0.25, 0.3) is 10.2 Å². The van der Waals surface area contributed by atoms with E-state index in [0.717, 1.165) is 30.7 Å². The van der Waals surface area contributed by atoms with E-state index in [1.807, 2.05) is 12.1 Å². The molecule has 2 aromatic heterocycles. The summed E-state index contributed by atoms with van der Waals surface area (Å²) in [6, 6.07) is 12.6. The van der Waals surface area contributed by atoms with Crippen LogP contribution in [0.5, 0.6) is 0 Å². The van der Waals surface area contributed by atoms with Gasteiger partial charge >= 0.3 is 0 Å². The molecule has 1 aromatic carbocycles. The third-order valence-corrected chi connectivity index (χ3v) is 6.04. The molecule has 3 aromatic rings. The van der Waals surface area contributed by atoms with Gasteiger partial charge in [0, 0.05) is 24.6 Å². The number of nitrogens with one attached hydrogen (secondary N) is 1. The summed E-state index contributed by atoms with van der Waals surface area (Å²) >= 11 is 1.74. The monoisotopic (exact) mass is 368 g/mol. The summed E-state index contributed by atoms with van der Waals surface area (Å²) in [6.07, 6.45) is 2.26. The summed E-state index contributed by atoms with van der Waals surface area (Å²) in [5, 5.41) is 3.07. The number of carbonyl (C=O) groups excluding carboxylic acids is 1. The highest BCUT2D eigenvalue weighted by atomic mass is 32.1. The predicted molar refractivity (Wildman–Crippen MR) is 106 cm³/mol. The van der Waals surface area contributed by atoms with Gasteiger partial charge in [-0.3, -0.25) is 4.79 Å². The second-order valence-corrected chi connectivity index (χ2v) is 8.28. The van der Waals surface area contributed by atoms with E-state index in [-0.39, 0.29) is 12.0 Å². The highest BCUT2D eigenvalue weighted by Crippen LogP contribution is 2.30. The maximum Gasteiger partial charge on any atom is 0.268 e. The summed E-state index contributed by atoms with van der Waals surface area (Å²) in [6.45, 7) is 6.32. The Hall–Kier alpha value is -2.11. The lowest BCUT2D eigenvalue weighted by molar-refractivity contribution is 0.0851. The van der Waals surface area contributed by atoms with E-state index in [1.54, 1.807) is 11.3 Å². The third-order valence-electron chi connectivity index (χ3n) is 5.05. The van der Waals surface area contributed by atoms with Crippen molar-refractivity contribution in [3.63, 3.8) is 0 Å². The molecule has 0 bridgehead atoms. The van der Waals surface area contributed by atoms with Gasteiger partial charge in [-0.25, -0.2) is 0 Å². The lowest BCUT2D eigenvalue weighted by Gasteiger charge is -2.14. The predicted octanol–water partition coefficient (Wildman–Crippen LogP) is 4.28. The van der Waals surface area contributed by atoms with Crippen molar-refractivity contribution in [3.05, 3.63) is 58.1 Å². The van der Waals surface area contributed by atoms with Crippen molar-refractivity contribution in [1.29, 1.82) is 0 Å². The molecule has 1 atom stereocenters. The Morgan fingerprint density at radius 1 is 1.31 bits per heavy atom. The number of hydrogen-bond donors (Lipinski definition) is 1. The van der Waals surface area contributed by atoms with E-state index in [9.17, 15) is 4.79 Å². The highest BCUT2D eigenvalue weighted by molar-refractivity contribution is 7.19. The average Bonchev–Trinajstić information content (AvgIpc) is 3.32. The normalized spacial score (nSPS) is 17.1. The first-order valence-electron chi connectivity index (χ1n) is 9.16. The molecule has 0 aliphatic carbocycles. The Bertz CT molecular complexity index is 935. The molecule has 1 fully saturated rings. The van der Waals surface area contributed by atoms with Gasteiger partial charge in [0.25, 0.3) is 5.91 Å². The quantitative estimate of drug-likeness (QED) is 0.731. The standard InChI is InChI=1S/C21H24N2O2S/c1-14-6-3-4-7-16(14)13-23-18-10-15(2)26-20(18)11-19(23)21(24)22-12-17-8-5-9-25-17/h3-4,6-7,10-11,17H,5,8-9,12-13H2,1-2H3,(H,22,24)/t17-/m1/s1. The topological polar surface area (TPSA) is 43.3 Å².